The standard InChI is InChI=1S/C25H46ClN3O2S/c1-6-29(22-8-11-32-12-9-22)23-14-21(26)15-25(17-30,20(23)5)16-27-10-7-24(31)28-19(4)13-18(2)3/h17-23,27H,6-16H2,1-5H3,(H,28,31). The lowest BCUT2D eigenvalue weighted by atomic mass is 9.64. The summed E-state index contributed by atoms with van der Waals surface area (Å²) in [6.45, 7) is 13.0. The van der Waals surface area contributed by atoms with Gasteiger partial charge < -0.3 is 15.4 Å². The van der Waals surface area contributed by atoms with Crippen LogP contribution in [0.4, 0.5) is 0 Å². The van der Waals surface area contributed by atoms with Gasteiger partial charge in [-0.1, -0.05) is 27.7 Å². The van der Waals surface area contributed by atoms with E-state index in [2.05, 4.69) is 50.2 Å². The summed E-state index contributed by atoms with van der Waals surface area (Å²) in [7, 11) is 0. The second-order valence-corrected chi connectivity index (χ2v) is 12.3. The number of alkyl halides is 1. The molecule has 2 rings (SSSR count). The zero-order valence-electron chi connectivity index (χ0n) is 20.9. The predicted molar refractivity (Wildman–Crippen MR) is 138 cm³/mol. The smallest absolute Gasteiger partial charge is 0.221 e. The van der Waals surface area contributed by atoms with Crippen LogP contribution in [0.5, 0.6) is 0 Å². The van der Waals surface area contributed by atoms with Gasteiger partial charge in [-0.25, -0.2) is 0 Å². The minimum atomic E-state index is -0.479. The molecule has 5 atom stereocenters. The summed E-state index contributed by atoms with van der Waals surface area (Å²) in [4.78, 5) is 27.3. The number of amides is 1. The number of hydrogen-bond donors (Lipinski definition) is 2. The molecule has 7 heteroatoms. The Morgan fingerprint density at radius 1 is 1.28 bits per heavy atom. The normalized spacial score (nSPS) is 30.4. The number of carbonyl (C=O) groups is 2. The van der Waals surface area contributed by atoms with Gasteiger partial charge in [0.05, 0.1) is 0 Å². The number of rotatable bonds is 12. The quantitative estimate of drug-likeness (QED) is 0.244. The molecule has 5 nitrogen and oxygen atoms in total. The number of nitrogens with one attached hydrogen (secondary N) is 2. The van der Waals surface area contributed by atoms with Crippen LogP contribution in [0.3, 0.4) is 0 Å². The maximum atomic E-state index is 12.4. The maximum absolute atomic E-state index is 12.4. The lowest BCUT2D eigenvalue weighted by Gasteiger charge is -2.51. The van der Waals surface area contributed by atoms with E-state index in [1.54, 1.807) is 0 Å². The molecule has 0 spiro atoms. The second kappa shape index (κ2) is 13.6. The maximum Gasteiger partial charge on any atom is 0.221 e. The third-order valence-electron chi connectivity index (χ3n) is 7.48. The second-order valence-electron chi connectivity index (χ2n) is 10.4. The summed E-state index contributed by atoms with van der Waals surface area (Å²) in [6, 6.07) is 1.12. The van der Waals surface area contributed by atoms with Gasteiger partial charge >= 0.3 is 0 Å². The van der Waals surface area contributed by atoms with Crippen LogP contribution in [0.2, 0.25) is 0 Å². The molecule has 0 radical (unpaired) electrons. The number of nitrogens with zero attached hydrogens (tertiary/aromatic N) is 1. The molecule has 2 fully saturated rings. The highest BCUT2D eigenvalue weighted by Gasteiger charge is 2.48. The number of halogens is 1. The van der Waals surface area contributed by atoms with Crippen LogP contribution in [-0.4, -0.2) is 71.7 Å². The topological polar surface area (TPSA) is 61.4 Å². The zero-order chi connectivity index (χ0) is 23.7. The first-order valence-electron chi connectivity index (χ1n) is 12.7. The molecule has 2 aliphatic rings. The Balaban J connectivity index is 1.94. The van der Waals surface area contributed by atoms with E-state index in [-0.39, 0.29) is 23.2 Å². The Morgan fingerprint density at radius 2 is 1.97 bits per heavy atom. The summed E-state index contributed by atoms with van der Waals surface area (Å²) in [5.41, 5.74) is -0.479. The van der Waals surface area contributed by atoms with Crippen molar-refractivity contribution in [2.24, 2.45) is 17.3 Å². The summed E-state index contributed by atoms with van der Waals surface area (Å²) in [5.74, 6) is 3.32. The van der Waals surface area contributed by atoms with Crippen molar-refractivity contribution in [1.82, 2.24) is 15.5 Å². The van der Waals surface area contributed by atoms with Crippen molar-refractivity contribution in [2.45, 2.75) is 96.6 Å². The first-order valence-corrected chi connectivity index (χ1v) is 14.3. The van der Waals surface area contributed by atoms with Crippen molar-refractivity contribution in [3.63, 3.8) is 0 Å². The van der Waals surface area contributed by atoms with Gasteiger partial charge in [0, 0.05) is 48.4 Å². The van der Waals surface area contributed by atoms with Gasteiger partial charge in [-0.05, 0) is 68.9 Å². The number of thioether (sulfide) groups is 1. The molecule has 0 aromatic carbocycles. The molecule has 186 valence electrons. The van der Waals surface area contributed by atoms with Crippen molar-refractivity contribution >= 4 is 35.6 Å². The third kappa shape index (κ3) is 7.89. The summed E-state index contributed by atoms with van der Waals surface area (Å²) < 4.78 is 0. The highest BCUT2D eigenvalue weighted by Crippen LogP contribution is 2.44. The minimum Gasteiger partial charge on any atom is -0.354 e. The van der Waals surface area contributed by atoms with E-state index in [1.165, 1.54) is 24.3 Å². The van der Waals surface area contributed by atoms with E-state index >= 15 is 0 Å². The third-order valence-corrected chi connectivity index (χ3v) is 8.87. The molecule has 1 aliphatic heterocycles. The molecule has 1 aliphatic carbocycles. The van der Waals surface area contributed by atoms with Gasteiger partial charge in [-0.2, -0.15) is 11.8 Å². The highest BCUT2D eigenvalue weighted by atomic mass is 35.5. The molecule has 2 N–H and O–H groups in total. The van der Waals surface area contributed by atoms with E-state index < -0.39 is 5.41 Å². The molecule has 0 aromatic heterocycles. The van der Waals surface area contributed by atoms with Crippen molar-refractivity contribution < 1.29 is 9.59 Å². The first kappa shape index (κ1) is 27.9. The van der Waals surface area contributed by atoms with Crippen molar-refractivity contribution in [3.05, 3.63) is 0 Å². The monoisotopic (exact) mass is 487 g/mol. The van der Waals surface area contributed by atoms with Crippen LogP contribution >= 0.6 is 23.4 Å². The minimum absolute atomic E-state index is 0.00963. The molecular weight excluding hydrogens is 442 g/mol. The van der Waals surface area contributed by atoms with E-state index in [4.69, 9.17) is 11.6 Å². The average molecular weight is 488 g/mol. The van der Waals surface area contributed by atoms with Crippen LogP contribution in [-0.2, 0) is 9.59 Å². The molecule has 5 unspecified atom stereocenters. The lowest BCUT2D eigenvalue weighted by Crippen LogP contribution is -2.58. The first-order chi connectivity index (χ1) is 15.2. The molecule has 32 heavy (non-hydrogen) atoms. The predicted octanol–water partition coefficient (Wildman–Crippen LogP) is 4.33. The summed E-state index contributed by atoms with van der Waals surface area (Å²) >= 11 is 8.81. The fourth-order valence-electron chi connectivity index (χ4n) is 5.80. The van der Waals surface area contributed by atoms with Crippen LogP contribution in [0, 0.1) is 17.3 Å². The van der Waals surface area contributed by atoms with Gasteiger partial charge in [-0.15, -0.1) is 11.6 Å². The van der Waals surface area contributed by atoms with E-state index in [0.29, 0.717) is 43.9 Å². The molecule has 1 saturated heterocycles. The molecule has 0 bridgehead atoms. The number of carbonyl (C=O) groups excluding carboxylic acids is 2. The fraction of sp³-hybridized carbons (Fsp3) is 0.920. The molecule has 1 saturated carbocycles. The lowest BCUT2D eigenvalue weighted by molar-refractivity contribution is -0.123. The van der Waals surface area contributed by atoms with E-state index in [0.717, 1.165) is 25.7 Å². The Kier molecular flexibility index (Phi) is 11.8. The molecule has 1 heterocycles. The van der Waals surface area contributed by atoms with Crippen molar-refractivity contribution in [2.75, 3.05) is 31.1 Å². The van der Waals surface area contributed by atoms with Gasteiger partial charge in [0.15, 0.2) is 0 Å². The Labute approximate surface area is 205 Å². The van der Waals surface area contributed by atoms with Crippen molar-refractivity contribution in [1.29, 1.82) is 0 Å². The van der Waals surface area contributed by atoms with Gasteiger partial charge in [0.25, 0.3) is 0 Å². The van der Waals surface area contributed by atoms with E-state index in [9.17, 15) is 9.59 Å². The highest BCUT2D eigenvalue weighted by molar-refractivity contribution is 7.99. The summed E-state index contributed by atoms with van der Waals surface area (Å²) in [5, 5.41) is 6.51. The fourth-order valence-corrected chi connectivity index (χ4v) is 7.35. The summed E-state index contributed by atoms with van der Waals surface area (Å²) in [6.07, 6.45) is 6.68. The van der Waals surface area contributed by atoms with Gasteiger partial charge in [0.2, 0.25) is 5.91 Å². The van der Waals surface area contributed by atoms with Crippen LogP contribution in [0.15, 0.2) is 0 Å². The van der Waals surface area contributed by atoms with Crippen molar-refractivity contribution in [3.8, 4) is 0 Å². The largest absolute Gasteiger partial charge is 0.354 e. The number of hydrogen-bond acceptors (Lipinski definition) is 5. The molecular formula is C25H46ClN3O2S. The molecule has 0 aromatic rings. The molecule has 1 amide bonds. The Hall–Kier alpha value is -0.300. The van der Waals surface area contributed by atoms with Crippen LogP contribution < -0.4 is 10.6 Å². The van der Waals surface area contributed by atoms with Gasteiger partial charge in [-0.3, -0.25) is 9.69 Å². The zero-order valence-corrected chi connectivity index (χ0v) is 22.4. The average Bonchev–Trinajstić information content (AvgIpc) is 2.74. The Bertz CT molecular complexity index is 588. The Morgan fingerprint density at radius 3 is 2.56 bits per heavy atom. The van der Waals surface area contributed by atoms with Crippen LogP contribution in [0.1, 0.15) is 73.1 Å². The van der Waals surface area contributed by atoms with Gasteiger partial charge in [0.1, 0.15) is 6.29 Å². The number of aldehydes is 1. The van der Waals surface area contributed by atoms with E-state index in [1.807, 2.05) is 11.8 Å². The SMILES string of the molecule is CCN(C1CCSCC1)C1CC(Cl)CC(C=O)(CNCCC(=O)NC(C)CC(C)C)C1C. The van der Waals surface area contributed by atoms with Crippen LogP contribution in [0.25, 0.3) is 0 Å².